The van der Waals surface area contributed by atoms with Crippen LogP contribution >= 0.6 is 11.6 Å². The molecule has 0 aliphatic carbocycles. The number of aromatic nitrogens is 2. The highest BCUT2D eigenvalue weighted by atomic mass is 35.5. The van der Waals surface area contributed by atoms with Crippen LogP contribution in [0.15, 0.2) is 104 Å². The van der Waals surface area contributed by atoms with Gasteiger partial charge in [0.15, 0.2) is 0 Å². The zero-order valence-corrected chi connectivity index (χ0v) is 39.4. The fourth-order valence-corrected chi connectivity index (χ4v) is 8.38. The summed E-state index contributed by atoms with van der Waals surface area (Å²) in [5.74, 6) is -1.32. The predicted octanol–water partition coefficient (Wildman–Crippen LogP) is 6.64. The number of aliphatic hydroxyl groups excluding tert-OH is 2. The van der Waals surface area contributed by atoms with Gasteiger partial charge in [-0.15, -0.1) is 0 Å². The quantitative estimate of drug-likeness (QED) is 0.0393. The first-order valence-electron chi connectivity index (χ1n) is 22.6. The van der Waals surface area contributed by atoms with E-state index in [4.69, 9.17) is 36.0 Å². The lowest BCUT2D eigenvalue weighted by Gasteiger charge is -2.20. The second-order valence-corrected chi connectivity index (χ2v) is 17.2. The van der Waals surface area contributed by atoms with Crippen molar-refractivity contribution in [1.82, 2.24) is 20.6 Å². The van der Waals surface area contributed by atoms with Crippen LogP contribution in [0, 0.1) is 29.6 Å². The molecule has 1 amide bonds. The van der Waals surface area contributed by atoms with Crippen molar-refractivity contribution in [1.29, 1.82) is 10.5 Å². The van der Waals surface area contributed by atoms with Gasteiger partial charge in [0.1, 0.15) is 49.2 Å². The molecule has 6 N–H and O–H groups in total. The van der Waals surface area contributed by atoms with Crippen LogP contribution in [0.25, 0.3) is 11.1 Å². The monoisotopic (exact) mass is 979 g/mol. The number of nitrogens with one attached hydrogen (secondary N) is 2. The molecule has 0 unspecified atom stereocenters. The number of pyridine rings is 2. The molecule has 0 spiro atoms. The Hall–Kier alpha value is -7.90. The summed E-state index contributed by atoms with van der Waals surface area (Å²) in [5, 5.41) is 63.5. The molecule has 364 valence electrons. The van der Waals surface area contributed by atoms with Crippen LogP contribution in [-0.2, 0) is 48.9 Å². The summed E-state index contributed by atoms with van der Waals surface area (Å²) >= 11 is 6.80. The number of anilines is 1. The van der Waals surface area contributed by atoms with Gasteiger partial charge in [-0.2, -0.15) is 10.5 Å². The number of carboxylic acids is 2. The number of ether oxygens (including phenoxy) is 3. The number of carbonyl (C=O) groups is 3. The molecule has 2 atom stereocenters. The van der Waals surface area contributed by atoms with Crippen molar-refractivity contribution in [3.63, 3.8) is 0 Å². The van der Waals surface area contributed by atoms with E-state index in [0.717, 1.165) is 33.5 Å². The molecule has 3 heterocycles. The molecule has 0 saturated carbocycles. The van der Waals surface area contributed by atoms with Crippen molar-refractivity contribution in [2.75, 3.05) is 24.5 Å². The molecule has 0 fully saturated rings. The Balaban J connectivity index is 1.09. The third-order valence-electron chi connectivity index (χ3n) is 11.7. The van der Waals surface area contributed by atoms with Crippen molar-refractivity contribution >= 4 is 35.1 Å². The summed E-state index contributed by atoms with van der Waals surface area (Å²) < 4.78 is 18.8. The Morgan fingerprint density at radius 1 is 0.704 bits per heavy atom. The van der Waals surface area contributed by atoms with E-state index in [1.54, 1.807) is 59.8 Å². The van der Waals surface area contributed by atoms with Crippen LogP contribution in [0.4, 0.5) is 5.69 Å². The number of benzene rings is 4. The summed E-state index contributed by atoms with van der Waals surface area (Å²) in [6.45, 7) is 3.16. The van der Waals surface area contributed by atoms with Gasteiger partial charge < -0.3 is 50.2 Å². The van der Waals surface area contributed by atoms with Gasteiger partial charge in [-0.25, -0.2) is 0 Å². The van der Waals surface area contributed by atoms with Gasteiger partial charge in [0.2, 0.25) is 0 Å². The Bertz CT molecular complexity index is 3010. The number of carboxylic acid groups (broad SMARTS) is 2. The maximum atomic E-state index is 14.4. The second-order valence-electron chi connectivity index (χ2n) is 16.8. The number of nitriles is 2. The molecule has 0 bridgehead atoms. The molecule has 1 aliphatic rings. The van der Waals surface area contributed by atoms with Gasteiger partial charge in [0.25, 0.3) is 5.91 Å². The fraction of sp³-hybridized carbons (Fsp3) is 0.264. The average Bonchev–Trinajstić information content (AvgIpc) is 3.80. The number of amides is 1. The van der Waals surface area contributed by atoms with E-state index in [2.05, 4.69) is 32.7 Å². The van der Waals surface area contributed by atoms with E-state index >= 15 is 0 Å². The molecule has 6 aromatic rings. The SMILES string of the molecule is Cc1c(COc2cc(OCc3cncc(C#N)c3)c(CNC[C@@H](O)CC(=O)O)cc2Cl)cccc1-c1cccc2c1CCN2C(=O)c1ccc(CNC[C@@H](O)CC(=O)O)c(OCc2cncc(C#N)c2)c1. The summed E-state index contributed by atoms with van der Waals surface area (Å²) in [6, 6.07) is 27.8. The predicted molar refractivity (Wildman–Crippen MR) is 261 cm³/mol. The number of aliphatic hydroxyl groups is 2. The molecule has 17 nitrogen and oxygen atoms in total. The van der Waals surface area contributed by atoms with Crippen LogP contribution in [-0.4, -0.2) is 80.1 Å². The summed E-state index contributed by atoms with van der Waals surface area (Å²) in [4.78, 5) is 46.5. The zero-order chi connectivity index (χ0) is 50.4. The smallest absolute Gasteiger partial charge is 0.306 e. The highest BCUT2D eigenvalue weighted by Gasteiger charge is 2.29. The second kappa shape index (κ2) is 24.1. The molecule has 71 heavy (non-hydrogen) atoms. The van der Waals surface area contributed by atoms with Gasteiger partial charge in [0.05, 0.1) is 41.2 Å². The Labute approximate surface area is 414 Å². The number of nitrogens with zero attached hydrogens (tertiary/aromatic N) is 5. The van der Waals surface area contributed by atoms with Gasteiger partial charge in [0, 0.05) is 97.1 Å². The molecule has 0 saturated heterocycles. The Morgan fingerprint density at radius 3 is 1.90 bits per heavy atom. The van der Waals surface area contributed by atoms with E-state index in [1.165, 1.54) is 12.4 Å². The number of fused-ring (bicyclic) bond motifs is 1. The lowest BCUT2D eigenvalue weighted by molar-refractivity contribution is -0.140. The third kappa shape index (κ3) is 13.5. The van der Waals surface area contributed by atoms with E-state index in [9.17, 15) is 35.1 Å². The molecule has 7 rings (SSSR count). The standard InChI is InChI=1S/C53H50ClN7O10/c1-32-39(31-71-50-18-49(70-30-36-13-34(20-56)22-58-24-36)40(14-46(50)54)26-60-28-42(63)17-52(66)67)4-2-5-43(32)44-6-3-7-47-45(44)10-11-61(47)53(68)37-8-9-38(25-59-27-41(62)16-51(64)65)48(15-37)69-29-35-12-33(19-55)21-57-23-35/h2-9,12-15,18,21-24,41-42,59-60,62-63H,10-11,16-17,25-31H2,1H3,(H,64,65)(H,66,67)/t41-,42-/m0/s1. The van der Waals surface area contributed by atoms with Gasteiger partial charge in [-0.05, 0) is 77.6 Å². The van der Waals surface area contributed by atoms with E-state index < -0.39 is 37.0 Å². The van der Waals surface area contributed by atoms with Crippen LogP contribution in [0.1, 0.15) is 73.3 Å². The third-order valence-corrected chi connectivity index (χ3v) is 12.0. The first kappa shape index (κ1) is 51.0. The van der Waals surface area contributed by atoms with Crippen molar-refractivity contribution in [3.8, 4) is 40.5 Å². The molecule has 18 heteroatoms. The van der Waals surface area contributed by atoms with Crippen molar-refractivity contribution < 1.29 is 49.0 Å². The summed E-state index contributed by atoms with van der Waals surface area (Å²) in [5.41, 5.74) is 9.28. The Kier molecular flexibility index (Phi) is 17.3. The first-order chi connectivity index (χ1) is 34.3. The minimum Gasteiger partial charge on any atom is -0.488 e. The highest BCUT2D eigenvalue weighted by Crippen LogP contribution is 2.40. The number of carbonyl (C=O) groups excluding carboxylic acids is 1. The summed E-state index contributed by atoms with van der Waals surface area (Å²) in [7, 11) is 0. The minimum atomic E-state index is -1.12. The number of aliphatic carboxylic acids is 2. The van der Waals surface area contributed by atoms with Crippen LogP contribution in [0.2, 0.25) is 5.02 Å². The number of rotatable bonds is 23. The maximum Gasteiger partial charge on any atom is 0.306 e. The molecule has 0 radical (unpaired) electrons. The number of hydrogen-bond acceptors (Lipinski definition) is 14. The summed E-state index contributed by atoms with van der Waals surface area (Å²) in [6.07, 6.45) is 3.65. The minimum absolute atomic E-state index is 0.0156. The average molecular weight is 980 g/mol. The fourth-order valence-electron chi connectivity index (χ4n) is 8.14. The largest absolute Gasteiger partial charge is 0.488 e. The van der Waals surface area contributed by atoms with Crippen LogP contribution in [0.3, 0.4) is 0 Å². The highest BCUT2D eigenvalue weighted by molar-refractivity contribution is 6.32. The van der Waals surface area contributed by atoms with E-state index in [0.29, 0.717) is 74.2 Å². The first-order valence-corrected chi connectivity index (χ1v) is 22.9. The molecular formula is C53H50ClN7O10. The number of hydrogen-bond donors (Lipinski definition) is 6. The van der Waals surface area contributed by atoms with E-state index in [-0.39, 0.29) is 51.9 Å². The van der Waals surface area contributed by atoms with Crippen LogP contribution in [0.5, 0.6) is 17.2 Å². The van der Waals surface area contributed by atoms with Gasteiger partial charge >= 0.3 is 11.9 Å². The molecule has 4 aromatic carbocycles. The van der Waals surface area contributed by atoms with Gasteiger partial charge in [-0.1, -0.05) is 48.0 Å². The maximum absolute atomic E-state index is 14.4. The lowest BCUT2D eigenvalue weighted by atomic mass is 9.92. The van der Waals surface area contributed by atoms with Gasteiger partial charge in [-0.3, -0.25) is 24.4 Å². The normalized spacial score (nSPS) is 12.6. The topological polar surface area (TPSA) is 260 Å². The zero-order valence-electron chi connectivity index (χ0n) is 38.6. The van der Waals surface area contributed by atoms with Crippen molar-refractivity contribution in [3.05, 3.63) is 164 Å². The lowest BCUT2D eigenvalue weighted by Crippen LogP contribution is -2.29. The Morgan fingerprint density at radius 2 is 1.28 bits per heavy atom. The molecule has 2 aromatic heterocycles. The van der Waals surface area contributed by atoms with Crippen molar-refractivity contribution in [2.45, 2.75) is 71.3 Å². The van der Waals surface area contributed by atoms with Crippen molar-refractivity contribution in [2.24, 2.45) is 0 Å². The molecular weight excluding hydrogens is 930 g/mol. The molecule has 1 aliphatic heterocycles. The van der Waals surface area contributed by atoms with Crippen LogP contribution < -0.4 is 29.7 Å². The number of halogens is 1. The van der Waals surface area contributed by atoms with E-state index in [1.807, 2.05) is 43.3 Å².